The average molecular weight is 384 g/mol. The molecule has 3 heterocycles. The lowest BCUT2D eigenvalue weighted by Crippen LogP contribution is -2.19. The van der Waals surface area contributed by atoms with Crippen molar-refractivity contribution in [2.24, 2.45) is 0 Å². The number of nitrogens with one attached hydrogen (secondary N) is 2. The highest BCUT2D eigenvalue weighted by Gasteiger charge is 2.10. The first-order valence-corrected chi connectivity index (χ1v) is 9.15. The Morgan fingerprint density at radius 2 is 2.07 bits per heavy atom. The Morgan fingerprint density at radius 1 is 1.17 bits per heavy atom. The van der Waals surface area contributed by atoms with E-state index < -0.39 is 0 Å². The van der Waals surface area contributed by atoms with E-state index in [0.717, 1.165) is 38.9 Å². The lowest BCUT2D eigenvalue weighted by atomic mass is 10.0. The first-order valence-electron chi connectivity index (χ1n) is 9.15. The minimum absolute atomic E-state index is 0.191. The van der Waals surface area contributed by atoms with E-state index in [-0.39, 0.29) is 5.91 Å². The summed E-state index contributed by atoms with van der Waals surface area (Å²) in [6, 6.07) is 14.0. The Balaban J connectivity index is 1.70. The SMILES string of the molecule is C=CC(=O)NCc1cccc(-c2cnc3[nH]cc(-c4ccnc(OC)c4)c3c2)c1. The summed E-state index contributed by atoms with van der Waals surface area (Å²) in [5.74, 6) is 0.374. The molecule has 0 unspecified atom stereocenters. The van der Waals surface area contributed by atoms with Crippen LogP contribution < -0.4 is 10.1 Å². The zero-order chi connectivity index (χ0) is 20.2. The van der Waals surface area contributed by atoms with E-state index in [2.05, 4.69) is 32.9 Å². The number of H-pyrrole nitrogens is 1. The van der Waals surface area contributed by atoms with E-state index >= 15 is 0 Å². The Labute approximate surface area is 168 Å². The van der Waals surface area contributed by atoms with Crippen LogP contribution in [0.25, 0.3) is 33.3 Å². The van der Waals surface area contributed by atoms with E-state index in [1.54, 1.807) is 13.3 Å². The number of carbonyl (C=O) groups is 1. The minimum atomic E-state index is -0.191. The number of carbonyl (C=O) groups excluding carboxylic acids is 1. The Kier molecular flexibility index (Phi) is 5.07. The molecule has 0 saturated carbocycles. The third-order valence-corrected chi connectivity index (χ3v) is 4.70. The molecule has 1 aromatic carbocycles. The molecule has 4 rings (SSSR count). The van der Waals surface area contributed by atoms with Crippen LogP contribution in [0.4, 0.5) is 0 Å². The van der Waals surface area contributed by atoms with E-state index in [1.165, 1.54) is 6.08 Å². The van der Waals surface area contributed by atoms with Crippen molar-refractivity contribution in [1.29, 1.82) is 0 Å². The second-order valence-electron chi connectivity index (χ2n) is 6.53. The number of rotatable bonds is 6. The third kappa shape index (κ3) is 3.87. The van der Waals surface area contributed by atoms with E-state index in [4.69, 9.17) is 4.74 Å². The smallest absolute Gasteiger partial charge is 0.243 e. The summed E-state index contributed by atoms with van der Waals surface area (Å²) in [7, 11) is 1.60. The van der Waals surface area contributed by atoms with Crippen LogP contribution in [0.3, 0.4) is 0 Å². The van der Waals surface area contributed by atoms with Gasteiger partial charge in [0.25, 0.3) is 0 Å². The molecule has 0 saturated heterocycles. The van der Waals surface area contributed by atoms with Gasteiger partial charge in [0.15, 0.2) is 0 Å². The Morgan fingerprint density at radius 3 is 2.90 bits per heavy atom. The maximum absolute atomic E-state index is 11.4. The molecular formula is C23H20N4O2. The van der Waals surface area contributed by atoms with E-state index in [9.17, 15) is 4.79 Å². The molecule has 0 aliphatic carbocycles. The van der Waals surface area contributed by atoms with Gasteiger partial charge < -0.3 is 15.0 Å². The number of methoxy groups -OCH3 is 1. The summed E-state index contributed by atoms with van der Waals surface area (Å²) in [5, 5.41) is 3.81. The van der Waals surface area contributed by atoms with Gasteiger partial charge in [-0.25, -0.2) is 9.97 Å². The molecule has 4 aromatic rings. The number of aromatic nitrogens is 3. The van der Waals surface area contributed by atoms with Gasteiger partial charge in [-0.1, -0.05) is 24.8 Å². The van der Waals surface area contributed by atoms with Crippen LogP contribution in [0.5, 0.6) is 5.88 Å². The number of benzene rings is 1. The highest BCUT2D eigenvalue weighted by Crippen LogP contribution is 2.32. The highest BCUT2D eigenvalue weighted by molar-refractivity contribution is 5.96. The quantitative estimate of drug-likeness (QED) is 0.491. The van der Waals surface area contributed by atoms with Crippen molar-refractivity contribution < 1.29 is 9.53 Å². The number of hydrogen-bond donors (Lipinski definition) is 2. The number of pyridine rings is 2. The second kappa shape index (κ2) is 7.98. The van der Waals surface area contributed by atoms with Gasteiger partial charge in [0.1, 0.15) is 5.65 Å². The highest BCUT2D eigenvalue weighted by atomic mass is 16.5. The molecule has 0 bridgehead atoms. The van der Waals surface area contributed by atoms with Crippen LogP contribution in [0.1, 0.15) is 5.56 Å². The van der Waals surface area contributed by atoms with Gasteiger partial charge in [0, 0.05) is 47.7 Å². The lowest BCUT2D eigenvalue weighted by Gasteiger charge is -2.07. The van der Waals surface area contributed by atoms with Gasteiger partial charge >= 0.3 is 0 Å². The lowest BCUT2D eigenvalue weighted by molar-refractivity contribution is -0.116. The molecule has 6 nitrogen and oxygen atoms in total. The average Bonchev–Trinajstić information content (AvgIpc) is 3.21. The maximum Gasteiger partial charge on any atom is 0.243 e. The molecule has 3 aromatic heterocycles. The molecule has 0 aliphatic heterocycles. The first kappa shape index (κ1) is 18.4. The zero-order valence-corrected chi connectivity index (χ0v) is 16.0. The van der Waals surface area contributed by atoms with Crippen molar-refractivity contribution in [1.82, 2.24) is 20.3 Å². The van der Waals surface area contributed by atoms with Gasteiger partial charge in [0.05, 0.1) is 7.11 Å². The molecule has 1 amide bonds. The van der Waals surface area contributed by atoms with Crippen molar-refractivity contribution in [2.45, 2.75) is 6.54 Å². The number of fused-ring (bicyclic) bond motifs is 1. The van der Waals surface area contributed by atoms with Crippen LogP contribution in [-0.2, 0) is 11.3 Å². The van der Waals surface area contributed by atoms with Crippen molar-refractivity contribution >= 4 is 16.9 Å². The predicted molar refractivity (Wildman–Crippen MR) is 113 cm³/mol. The monoisotopic (exact) mass is 384 g/mol. The molecule has 0 aliphatic rings. The van der Waals surface area contributed by atoms with Crippen LogP contribution in [-0.4, -0.2) is 28.0 Å². The molecule has 6 heteroatoms. The third-order valence-electron chi connectivity index (χ3n) is 4.70. The van der Waals surface area contributed by atoms with Crippen LogP contribution >= 0.6 is 0 Å². The van der Waals surface area contributed by atoms with E-state index in [1.807, 2.05) is 48.8 Å². The van der Waals surface area contributed by atoms with Crippen LogP contribution in [0.2, 0.25) is 0 Å². The Hall–Kier alpha value is -3.93. The van der Waals surface area contributed by atoms with Gasteiger partial charge in [-0.2, -0.15) is 0 Å². The molecule has 144 valence electrons. The normalized spacial score (nSPS) is 10.7. The van der Waals surface area contributed by atoms with Crippen molar-refractivity contribution in [3.05, 3.63) is 79.3 Å². The van der Waals surface area contributed by atoms with Crippen molar-refractivity contribution in [3.8, 4) is 28.1 Å². The molecule has 29 heavy (non-hydrogen) atoms. The van der Waals surface area contributed by atoms with Gasteiger partial charge in [-0.3, -0.25) is 4.79 Å². The molecular weight excluding hydrogens is 364 g/mol. The summed E-state index contributed by atoms with van der Waals surface area (Å²) in [6.07, 6.45) is 6.78. The number of ether oxygens (including phenoxy) is 1. The summed E-state index contributed by atoms with van der Waals surface area (Å²) in [4.78, 5) is 23.4. The summed E-state index contributed by atoms with van der Waals surface area (Å²) < 4.78 is 5.25. The standard InChI is InChI=1S/C23H20N4O2/c1-3-21(28)25-12-15-5-4-6-16(9-15)18-10-19-20(14-27-23(19)26-13-18)17-7-8-24-22(11-17)29-2/h3-11,13-14H,1,12H2,2H3,(H,25,28)(H,26,27). The van der Waals surface area contributed by atoms with Crippen LogP contribution in [0.15, 0.2) is 73.7 Å². The first-order chi connectivity index (χ1) is 14.2. The van der Waals surface area contributed by atoms with Gasteiger partial charge in [-0.05, 0) is 41.0 Å². The summed E-state index contributed by atoms with van der Waals surface area (Å²) in [6.45, 7) is 3.92. The largest absolute Gasteiger partial charge is 0.481 e. The topological polar surface area (TPSA) is 79.9 Å². The van der Waals surface area contributed by atoms with Gasteiger partial charge in [0.2, 0.25) is 11.8 Å². The fraction of sp³-hybridized carbons (Fsp3) is 0.0870. The fourth-order valence-electron chi connectivity index (χ4n) is 3.21. The molecule has 0 fully saturated rings. The maximum atomic E-state index is 11.4. The molecule has 0 atom stereocenters. The van der Waals surface area contributed by atoms with Crippen molar-refractivity contribution in [2.75, 3.05) is 7.11 Å². The fourth-order valence-corrected chi connectivity index (χ4v) is 3.21. The van der Waals surface area contributed by atoms with E-state index in [0.29, 0.717) is 12.4 Å². The zero-order valence-electron chi connectivity index (χ0n) is 16.0. The number of aromatic amines is 1. The second-order valence-corrected chi connectivity index (χ2v) is 6.53. The van der Waals surface area contributed by atoms with Gasteiger partial charge in [-0.15, -0.1) is 0 Å². The summed E-state index contributed by atoms with van der Waals surface area (Å²) in [5.41, 5.74) is 5.88. The molecule has 0 spiro atoms. The number of hydrogen-bond acceptors (Lipinski definition) is 4. The molecule has 2 N–H and O–H groups in total. The minimum Gasteiger partial charge on any atom is -0.481 e. The summed E-state index contributed by atoms with van der Waals surface area (Å²) >= 11 is 0. The number of amides is 1. The van der Waals surface area contributed by atoms with Crippen molar-refractivity contribution in [3.63, 3.8) is 0 Å². The number of nitrogens with zero attached hydrogens (tertiary/aromatic N) is 2. The van der Waals surface area contributed by atoms with Crippen LogP contribution in [0, 0.1) is 0 Å². The predicted octanol–water partition coefficient (Wildman–Crippen LogP) is 4.10. The Bertz CT molecular complexity index is 1200. The molecule has 0 radical (unpaired) electrons.